The maximum atomic E-state index is 13.1. The van der Waals surface area contributed by atoms with E-state index in [1.165, 1.54) is 0 Å². The molecule has 0 saturated carbocycles. The highest BCUT2D eigenvalue weighted by molar-refractivity contribution is 6.29. The number of rotatable bonds is 9. The smallest absolute Gasteiger partial charge is 0.196 e. The Hall–Kier alpha value is -5.56. The fourth-order valence-electron chi connectivity index (χ4n) is 6.29. The quantitative estimate of drug-likeness (QED) is 0.127. The molecule has 0 radical (unpaired) electrons. The zero-order valence-corrected chi connectivity index (χ0v) is 31.9. The maximum Gasteiger partial charge on any atom is 0.196 e. The molecule has 4 aromatic carbocycles. The number of benzene rings is 4. The summed E-state index contributed by atoms with van der Waals surface area (Å²) in [7, 11) is 4.81. The Bertz CT molecular complexity index is 2110. The van der Waals surface area contributed by atoms with Crippen molar-refractivity contribution in [1.82, 2.24) is 0 Å². The Morgan fingerprint density at radius 3 is 1.81 bits per heavy atom. The molecule has 4 aromatic rings. The van der Waals surface area contributed by atoms with Crippen molar-refractivity contribution in [2.45, 2.75) is 66.1 Å². The maximum absolute atomic E-state index is 13.1. The lowest BCUT2D eigenvalue weighted by molar-refractivity contribution is 0.0991. The number of aryl methyl sites for hydroxylation is 2. The minimum Gasteiger partial charge on any atom is -0.496 e. The number of hydrogen-bond acceptors (Lipinski definition) is 7. The predicted octanol–water partition coefficient (Wildman–Crippen LogP) is 10.0. The van der Waals surface area contributed by atoms with Crippen molar-refractivity contribution >= 4 is 29.3 Å². The average Bonchev–Trinajstić information content (AvgIpc) is 3.11. The molecule has 52 heavy (non-hydrogen) atoms. The SMILES string of the molecule is C=C(C(=O)c1ccc2c(c1OC)C=CC(C)(C)O2)c1ccc(C)c(OC)c1.COc1cc(CC(=O)c2ccc3c(c2C)C=CC(C)(C)O3)ccc1C. The zero-order valence-electron chi connectivity index (χ0n) is 31.9. The van der Waals surface area contributed by atoms with Crippen LogP contribution in [0.1, 0.15) is 87.4 Å². The molecule has 0 bridgehead atoms. The lowest BCUT2D eigenvalue weighted by Crippen LogP contribution is -2.28. The first-order valence-corrected chi connectivity index (χ1v) is 17.2. The first kappa shape index (κ1) is 37.7. The molecule has 2 aliphatic rings. The van der Waals surface area contributed by atoms with Crippen LogP contribution in [0.4, 0.5) is 0 Å². The number of hydrogen-bond donors (Lipinski definition) is 0. The van der Waals surface area contributed by atoms with E-state index in [0.717, 1.165) is 61.8 Å². The van der Waals surface area contributed by atoms with E-state index in [2.05, 4.69) is 12.7 Å². The summed E-state index contributed by atoms with van der Waals surface area (Å²) in [6.07, 6.45) is 8.32. The number of allylic oxidation sites excluding steroid dienone is 1. The van der Waals surface area contributed by atoms with Crippen molar-refractivity contribution in [2.75, 3.05) is 21.3 Å². The first-order chi connectivity index (χ1) is 24.6. The zero-order chi connectivity index (χ0) is 38.0. The third-order valence-electron chi connectivity index (χ3n) is 9.30. The molecule has 0 amide bonds. The minimum atomic E-state index is -0.397. The van der Waals surface area contributed by atoms with Crippen LogP contribution in [0.25, 0.3) is 17.7 Å². The van der Waals surface area contributed by atoms with Gasteiger partial charge in [0.1, 0.15) is 39.9 Å². The number of Topliss-reactive ketones (excluding diaryl/α,β-unsaturated/α-hetero) is 2. The molecule has 0 saturated heterocycles. The van der Waals surface area contributed by atoms with Crippen LogP contribution in [-0.4, -0.2) is 44.1 Å². The number of methoxy groups -OCH3 is 3. The van der Waals surface area contributed by atoms with Crippen LogP contribution >= 0.6 is 0 Å². The molecule has 0 aliphatic carbocycles. The van der Waals surface area contributed by atoms with Gasteiger partial charge in [0.25, 0.3) is 0 Å². The van der Waals surface area contributed by atoms with Gasteiger partial charge in [-0.3, -0.25) is 9.59 Å². The summed E-state index contributed by atoms with van der Waals surface area (Å²) in [4.78, 5) is 26.0. The molecule has 7 heteroatoms. The standard InChI is InChI=1S/C23H24O4.C22H24O3/c1-14-7-8-16(13-20(14)25-5)15(2)21(24)18-9-10-19-17(22(18)26-6)11-12-23(3,4)27-19;1-14-6-7-16(13-21(14)24-5)12-19(23)17-8-9-20-18(15(17)2)10-11-22(3,4)25-20/h7-13H,2H2,1,3-6H3;6-11,13H,12H2,1-5H3. The Kier molecular flexibility index (Phi) is 10.8. The van der Waals surface area contributed by atoms with Gasteiger partial charge in [0, 0.05) is 23.1 Å². The Morgan fingerprint density at radius 2 is 1.21 bits per heavy atom. The average molecular weight is 701 g/mol. The topological polar surface area (TPSA) is 80.3 Å². The van der Waals surface area contributed by atoms with Crippen LogP contribution in [0, 0.1) is 20.8 Å². The molecule has 0 spiro atoms. The fourth-order valence-corrected chi connectivity index (χ4v) is 6.29. The molecule has 0 aromatic heterocycles. The van der Waals surface area contributed by atoms with E-state index in [-0.39, 0.29) is 17.2 Å². The van der Waals surface area contributed by atoms with E-state index >= 15 is 0 Å². The number of ether oxygens (including phenoxy) is 5. The van der Waals surface area contributed by atoms with E-state index in [1.807, 2.05) is 115 Å². The predicted molar refractivity (Wildman–Crippen MR) is 209 cm³/mol. The van der Waals surface area contributed by atoms with E-state index in [0.29, 0.717) is 29.1 Å². The van der Waals surface area contributed by atoms with Crippen molar-refractivity contribution in [2.24, 2.45) is 0 Å². The molecule has 2 heterocycles. The Balaban J connectivity index is 0.000000202. The van der Waals surface area contributed by atoms with Gasteiger partial charge in [0.15, 0.2) is 11.6 Å². The van der Waals surface area contributed by atoms with Crippen molar-refractivity contribution < 1.29 is 33.3 Å². The van der Waals surface area contributed by atoms with E-state index in [9.17, 15) is 9.59 Å². The van der Waals surface area contributed by atoms with Gasteiger partial charge in [0.2, 0.25) is 0 Å². The number of ketones is 2. The van der Waals surface area contributed by atoms with Crippen LogP contribution < -0.4 is 23.7 Å². The van der Waals surface area contributed by atoms with E-state index in [4.69, 9.17) is 23.7 Å². The van der Waals surface area contributed by atoms with Gasteiger partial charge in [-0.2, -0.15) is 0 Å². The van der Waals surface area contributed by atoms with Crippen LogP contribution in [-0.2, 0) is 6.42 Å². The largest absolute Gasteiger partial charge is 0.496 e. The van der Waals surface area contributed by atoms with Crippen LogP contribution in [0.5, 0.6) is 28.7 Å². The summed E-state index contributed by atoms with van der Waals surface area (Å²) >= 11 is 0. The number of fused-ring (bicyclic) bond motifs is 2. The van der Waals surface area contributed by atoms with Crippen LogP contribution in [0.15, 0.2) is 79.4 Å². The van der Waals surface area contributed by atoms with Gasteiger partial charge in [-0.25, -0.2) is 0 Å². The van der Waals surface area contributed by atoms with E-state index in [1.54, 1.807) is 33.5 Å². The summed E-state index contributed by atoms with van der Waals surface area (Å²) in [6.45, 7) is 17.9. The van der Waals surface area contributed by atoms with Gasteiger partial charge >= 0.3 is 0 Å². The second kappa shape index (κ2) is 15.0. The number of carbonyl (C=O) groups excluding carboxylic acids is 2. The summed E-state index contributed by atoms with van der Waals surface area (Å²) in [5, 5.41) is 0. The minimum absolute atomic E-state index is 0.101. The molecule has 2 aliphatic heterocycles. The van der Waals surface area contributed by atoms with Crippen molar-refractivity contribution in [3.63, 3.8) is 0 Å². The molecular formula is C45H48O7. The van der Waals surface area contributed by atoms with Gasteiger partial charge in [0.05, 0.1) is 32.5 Å². The second-order valence-corrected chi connectivity index (χ2v) is 14.2. The highest BCUT2D eigenvalue weighted by Gasteiger charge is 2.28. The molecule has 7 nitrogen and oxygen atoms in total. The van der Waals surface area contributed by atoms with Crippen molar-refractivity contribution in [1.29, 1.82) is 0 Å². The third-order valence-corrected chi connectivity index (χ3v) is 9.30. The molecule has 0 atom stereocenters. The molecule has 0 N–H and O–H groups in total. The lowest BCUT2D eigenvalue weighted by atomic mass is 9.92. The van der Waals surface area contributed by atoms with Crippen LogP contribution in [0.3, 0.4) is 0 Å². The van der Waals surface area contributed by atoms with Gasteiger partial charge in [-0.1, -0.05) is 36.9 Å². The monoisotopic (exact) mass is 700 g/mol. The van der Waals surface area contributed by atoms with Crippen molar-refractivity contribution in [3.8, 4) is 28.7 Å². The Morgan fingerprint density at radius 1 is 0.673 bits per heavy atom. The summed E-state index contributed by atoms with van der Waals surface area (Å²) in [6, 6.07) is 18.8. The molecule has 6 rings (SSSR count). The highest BCUT2D eigenvalue weighted by Crippen LogP contribution is 2.40. The summed E-state index contributed by atoms with van der Waals surface area (Å²) in [5.41, 5.74) is 7.32. The van der Waals surface area contributed by atoms with Gasteiger partial charge < -0.3 is 23.7 Å². The fraction of sp³-hybridized carbons (Fsp3) is 0.289. The van der Waals surface area contributed by atoms with Gasteiger partial charge in [-0.15, -0.1) is 0 Å². The summed E-state index contributed by atoms with van der Waals surface area (Å²) in [5.74, 6) is 3.45. The second-order valence-electron chi connectivity index (χ2n) is 14.2. The molecule has 0 fully saturated rings. The molecule has 270 valence electrons. The van der Waals surface area contributed by atoms with E-state index < -0.39 is 5.60 Å². The third kappa shape index (κ3) is 7.99. The lowest BCUT2D eigenvalue weighted by Gasteiger charge is -2.29. The van der Waals surface area contributed by atoms with Gasteiger partial charge in [-0.05, 0) is 131 Å². The van der Waals surface area contributed by atoms with Crippen LogP contribution in [0.2, 0.25) is 0 Å². The highest BCUT2D eigenvalue weighted by atomic mass is 16.5. The molecule has 0 unspecified atom stereocenters. The first-order valence-electron chi connectivity index (χ1n) is 17.2. The summed E-state index contributed by atoms with van der Waals surface area (Å²) < 4.78 is 28.2. The normalized spacial score (nSPS) is 14.3. The Labute approximate surface area is 307 Å². The number of carbonyl (C=O) groups is 2. The van der Waals surface area contributed by atoms with Crippen molar-refractivity contribution in [3.05, 3.63) is 129 Å². The molecular weight excluding hydrogens is 652 g/mol.